The van der Waals surface area contributed by atoms with E-state index in [0.717, 1.165) is 0 Å². The Morgan fingerprint density at radius 1 is 0.443 bits per heavy atom. The number of aromatic nitrogens is 1. The van der Waals surface area contributed by atoms with Gasteiger partial charge in [-0.15, -0.1) is 0 Å². The van der Waals surface area contributed by atoms with Crippen LogP contribution in [-0.2, 0) is 91.2 Å². The third kappa shape index (κ3) is 35.5. The van der Waals surface area contributed by atoms with Crippen molar-refractivity contribution in [3.8, 4) is 5.75 Å². The van der Waals surface area contributed by atoms with Gasteiger partial charge in [-0.3, -0.25) is 72.5 Å². The van der Waals surface area contributed by atoms with Gasteiger partial charge in [-0.2, -0.15) is 25.3 Å². The predicted octanol–water partition coefficient (Wildman–Crippen LogP) is -4.27. The van der Waals surface area contributed by atoms with E-state index in [9.17, 15) is 77.3 Å². The number of para-hydroxylation sites is 1. The summed E-state index contributed by atoms with van der Waals surface area (Å²) in [5, 5.41) is 66.2. The number of aromatic hydroxyl groups is 1. The highest BCUT2D eigenvalue weighted by atomic mass is 32.1. The molecule has 0 bridgehead atoms. The number of unbranched alkanes of at least 4 members (excludes halogenated alkanes) is 2. The number of carbonyl (C=O) groups is 15. The Labute approximate surface area is 677 Å². The Kier molecular flexibility index (Phi) is 43.2. The summed E-state index contributed by atoms with van der Waals surface area (Å²) >= 11 is 8.53. The third-order valence-electron chi connectivity index (χ3n) is 18.2. The molecular weight excluding hydrogens is 1530 g/mol. The first-order valence-corrected chi connectivity index (χ1v) is 39.2. The van der Waals surface area contributed by atoms with Crippen LogP contribution in [0.25, 0.3) is 10.9 Å². The highest BCUT2D eigenvalue weighted by molar-refractivity contribution is 7.80. The minimum absolute atomic E-state index is 0.0185. The van der Waals surface area contributed by atoms with Gasteiger partial charge < -0.3 is 118 Å². The molecule has 0 fully saturated rings. The van der Waals surface area contributed by atoms with Crippen LogP contribution in [0.1, 0.15) is 109 Å². The molecule has 0 spiro atoms. The normalized spacial score (nSPS) is 13.9. The number of carboxylic acids is 1. The topological polar surface area (TPSA) is 621 Å². The Balaban J connectivity index is 1.57. The lowest BCUT2D eigenvalue weighted by molar-refractivity contribution is -0.143. The molecule has 0 unspecified atom stereocenters. The van der Waals surface area contributed by atoms with E-state index in [-0.39, 0.29) is 94.2 Å². The van der Waals surface area contributed by atoms with Crippen LogP contribution in [0.3, 0.4) is 0 Å². The molecule has 1 heterocycles. The number of hydrogen-bond acceptors (Lipinski definition) is 22. The highest BCUT2D eigenvalue weighted by Crippen LogP contribution is 2.21. The number of benzene rings is 3. The first-order valence-electron chi connectivity index (χ1n) is 37.9. The third-order valence-corrected chi connectivity index (χ3v) is 18.9. The summed E-state index contributed by atoms with van der Waals surface area (Å²) in [6.45, 7) is 4.38. The van der Waals surface area contributed by atoms with Crippen LogP contribution in [0.15, 0.2) is 85.1 Å². The van der Waals surface area contributed by atoms with Gasteiger partial charge in [0.1, 0.15) is 66.2 Å². The van der Waals surface area contributed by atoms with Gasteiger partial charge in [-0.25, -0.2) is 4.79 Å². The fraction of sp³-hybridized carbons (Fsp3) is 0.520. The van der Waals surface area contributed by atoms with E-state index in [0.29, 0.717) is 59.7 Å². The van der Waals surface area contributed by atoms with Crippen LogP contribution in [0.2, 0.25) is 0 Å². The van der Waals surface area contributed by atoms with Gasteiger partial charge in [0.2, 0.25) is 82.7 Å². The van der Waals surface area contributed by atoms with E-state index in [2.05, 4.69) is 110 Å². The van der Waals surface area contributed by atoms with E-state index >= 15 is 4.79 Å². The van der Waals surface area contributed by atoms with Gasteiger partial charge >= 0.3 is 5.97 Å². The number of aromatic amines is 1. The molecule has 11 atom stereocenters. The summed E-state index contributed by atoms with van der Waals surface area (Å²) in [7, 11) is 0. The molecule has 632 valence electrons. The second-order valence-electron chi connectivity index (χ2n) is 27.8. The molecule has 0 saturated carbocycles. The van der Waals surface area contributed by atoms with Crippen molar-refractivity contribution < 1.29 is 82.1 Å². The Hall–Kier alpha value is -11.1. The second kappa shape index (κ2) is 51.6. The molecule has 1 aromatic heterocycles. The number of rotatable bonds is 53. The molecule has 0 radical (unpaired) electrons. The molecule has 3 aromatic carbocycles. The maximum Gasteiger partial charge on any atom is 0.326 e. The van der Waals surface area contributed by atoms with Crippen molar-refractivity contribution in [3.63, 3.8) is 0 Å². The smallest absolute Gasteiger partial charge is 0.326 e. The summed E-state index contributed by atoms with van der Waals surface area (Å²) in [4.78, 5) is 208. The van der Waals surface area contributed by atoms with Crippen LogP contribution in [0, 0.1) is 17.2 Å². The van der Waals surface area contributed by atoms with Crippen molar-refractivity contribution in [2.45, 2.75) is 172 Å². The first kappa shape index (κ1) is 96.3. The van der Waals surface area contributed by atoms with E-state index in [1.165, 1.54) is 24.3 Å². The number of carboxylic acid groups (broad SMARTS) is 1. The van der Waals surface area contributed by atoms with Gasteiger partial charge in [0, 0.05) is 54.4 Å². The van der Waals surface area contributed by atoms with Crippen molar-refractivity contribution >= 4 is 131 Å². The SMILES string of the molecule is CC[C@H](C)[C@H](NC(=O)CNC(=O)[C@H](CCCCN)NC(=O)[C@H](CS)NC(=O)[C@H](CCCCN)NC(=O)[C@H](CC(C)C)NC(=O)[C@H](CCCNC(=N)N)NC(=O)[C@H](Cc1ccccc1)NC(=O)[C@H](Cc1c[nH]c2ccccc12)NC(=O)CNC(=O)CNC(=O)[C@H](CS)NC(=O)[C@H](Cc1ccc(O)cc1)NC(=O)CNC(=O)CN)C(=O)O. The molecule has 38 nitrogen and oxygen atoms in total. The van der Waals surface area contributed by atoms with Gasteiger partial charge in [-0.1, -0.05) is 94.8 Å². The summed E-state index contributed by atoms with van der Waals surface area (Å²) in [6.07, 6.45) is 2.99. The summed E-state index contributed by atoms with van der Waals surface area (Å²) in [6, 6.07) is 7.45. The minimum Gasteiger partial charge on any atom is -0.508 e. The lowest BCUT2D eigenvalue weighted by atomic mass is 9.99. The number of H-pyrrole nitrogens is 1. The zero-order valence-corrected chi connectivity index (χ0v) is 66.8. The predicted molar refractivity (Wildman–Crippen MR) is 434 cm³/mol. The van der Waals surface area contributed by atoms with Crippen molar-refractivity contribution in [1.29, 1.82) is 5.41 Å². The fourth-order valence-electron chi connectivity index (χ4n) is 11.7. The summed E-state index contributed by atoms with van der Waals surface area (Å²) in [5.74, 6) is -14.8. The number of guanidine groups is 1. The number of amides is 14. The maximum absolute atomic E-state index is 15.0. The maximum atomic E-state index is 15.0. The summed E-state index contributed by atoms with van der Waals surface area (Å²) < 4.78 is 0. The second-order valence-corrected chi connectivity index (χ2v) is 28.5. The fourth-order valence-corrected chi connectivity index (χ4v) is 12.2. The number of thiol groups is 2. The van der Waals surface area contributed by atoms with Crippen molar-refractivity contribution in [2.24, 2.45) is 34.8 Å². The van der Waals surface area contributed by atoms with Crippen molar-refractivity contribution in [1.82, 2.24) is 84.7 Å². The van der Waals surface area contributed by atoms with E-state index in [1.54, 1.807) is 88.5 Å². The van der Waals surface area contributed by atoms with Crippen LogP contribution >= 0.6 is 25.3 Å². The number of aliphatic carboxylic acids is 1. The minimum atomic E-state index is -1.51. The number of hydrogen-bond donors (Lipinski definition) is 25. The molecule has 27 N–H and O–H groups in total. The number of phenols is 1. The molecule has 0 aliphatic rings. The standard InChI is InChI=1S/C75H113N21O17S2/c1-5-43(4)64(74(112)113)96-63(102)39-86-65(103)50(20-11-13-27-76)89-73(111)58(41-115)95-68(106)51(21-12-14-28-77)90-69(107)53(30-42(2)3)92-67(105)52(22-15-29-81-75(79)80)91-71(109)55(31-44-16-7-6-8-17-44)93-72(110)56(33-46-35-82-49-19-10-9-18-48(46)49)88-62(101)38-84-60(99)36-85-66(104)57(40-114)94-70(108)54(32-45-23-25-47(97)26-24-45)87-61(100)37-83-59(98)34-78/h6-10,16-19,23-26,35,42-43,50-58,64,82,97,114-115H,5,11-15,20-22,27-34,36-41,76-78H2,1-4H3,(H,83,98)(H,84,99)(H,85,104)(H,86,103)(H,87,100)(H,88,101)(H,89,111)(H,90,107)(H,91,109)(H,92,105)(H,93,110)(H,94,108)(H,95,106)(H,96,102)(H,112,113)(H4,79,80,81)/t43-,50-,51-,52-,53-,54-,55-,56-,57-,58-,64-/m0/s1. The van der Waals surface area contributed by atoms with Crippen LogP contribution in [0.4, 0.5) is 0 Å². The lowest BCUT2D eigenvalue weighted by Gasteiger charge is -2.28. The number of nitrogens with one attached hydrogen (secondary N) is 17. The van der Waals surface area contributed by atoms with Gasteiger partial charge in [-0.05, 0) is 118 Å². The van der Waals surface area contributed by atoms with Crippen molar-refractivity contribution in [3.05, 3.63) is 102 Å². The van der Waals surface area contributed by atoms with Crippen LogP contribution in [0.5, 0.6) is 5.75 Å². The zero-order chi connectivity index (χ0) is 85.1. The van der Waals surface area contributed by atoms with Crippen LogP contribution in [-0.4, -0.2) is 234 Å². The monoisotopic (exact) mass is 1640 g/mol. The number of nitrogens with two attached hydrogens (primary N) is 4. The van der Waals surface area contributed by atoms with Gasteiger partial charge in [0.15, 0.2) is 5.96 Å². The molecule has 0 aliphatic carbocycles. The molecule has 0 aliphatic heterocycles. The Bertz CT molecular complexity index is 3910. The molecule has 0 saturated heterocycles. The van der Waals surface area contributed by atoms with Crippen LogP contribution < -0.4 is 103 Å². The number of phenolic OH excluding ortho intramolecular Hbond substituents is 1. The Morgan fingerprint density at radius 3 is 1.37 bits per heavy atom. The molecular formula is C75H113N21O17S2. The molecule has 14 amide bonds. The largest absolute Gasteiger partial charge is 0.508 e. The van der Waals surface area contributed by atoms with Crippen molar-refractivity contribution in [2.75, 3.05) is 63.9 Å². The number of fused-ring (bicyclic) bond motifs is 1. The number of carbonyl (C=O) groups excluding carboxylic acids is 14. The lowest BCUT2D eigenvalue weighted by Crippen LogP contribution is -2.60. The highest BCUT2D eigenvalue weighted by Gasteiger charge is 2.36. The first-order chi connectivity index (χ1) is 54.8. The zero-order valence-electron chi connectivity index (χ0n) is 65.0. The quantitative estimate of drug-likeness (QED) is 0.00861. The molecule has 115 heavy (non-hydrogen) atoms. The van der Waals surface area contributed by atoms with E-state index in [4.69, 9.17) is 28.3 Å². The van der Waals surface area contributed by atoms with E-state index < -0.39 is 194 Å². The van der Waals surface area contributed by atoms with Gasteiger partial charge in [0.05, 0.1) is 32.7 Å². The average molecular weight is 1640 g/mol. The molecule has 4 rings (SSSR count). The average Bonchev–Trinajstić information content (AvgIpc) is 1.71. The molecule has 40 heteroatoms. The van der Waals surface area contributed by atoms with Gasteiger partial charge in [0.25, 0.3) is 0 Å². The van der Waals surface area contributed by atoms with E-state index in [1.807, 2.05) is 0 Å². The summed E-state index contributed by atoms with van der Waals surface area (Å²) in [5.41, 5.74) is 24.7. The Morgan fingerprint density at radius 2 is 0.852 bits per heavy atom. The molecule has 4 aromatic rings.